The monoisotopic (exact) mass is 453 g/mol. The van der Waals surface area contributed by atoms with Crippen LogP contribution in [0.1, 0.15) is 23.6 Å². The Labute approximate surface area is 188 Å². The molecule has 0 bridgehead atoms. The summed E-state index contributed by atoms with van der Waals surface area (Å²) in [4.78, 5) is 24.0. The first-order valence-electron chi connectivity index (χ1n) is 9.87. The van der Waals surface area contributed by atoms with E-state index >= 15 is 0 Å². The number of hydrogen-bond donors (Lipinski definition) is 4. The SMILES string of the molecule is CCc1ccccc1CC(NC(=O)CSc1nnc(-c2ccc(C(=N)N)cc2)o1)C(=O)O. The van der Waals surface area contributed by atoms with E-state index in [2.05, 4.69) is 15.5 Å². The maximum atomic E-state index is 12.3. The molecule has 166 valence electrons. The van der Waals surface area contributed by atoms with Crippen molar-refractivity contribution >= 4 is 29.5 Å². The zero-order valence-corrected chi connectivity index (χ0v) is 18.2. The molecule has 5 N–H and O–H groups in total. The third kappa shape index (κ3) is 5.94. The molecule has 0 aliphatic carbocycles. The summed E-state index contributed by atoms with van der Waals surface area (Å²) in [6.07, 6.45) is 0.986. The summed E-state index contributed by atoms with van der Waals surface area (Å²) in [6, 6.07) is 13.3. The van der Waals surface area contributed by atoms with Crippen LogP contribution < -0.4 is 11.1 Å². The van der Waals surface area contributed by atoms with Crippen molar-refractivity contribution in [3.05, 3.63) is 65.2 Å². The van der Waals surface area contributed by atoms with Crippen LogP contribution in [0.5, 0.6) is 0 Å². The van der Waals surface area contributed by atoms with Crippen LogP contribution in [-0.4, -0.2) is 44.8 Å². The predicted molar refractivity (Wildman–Crippen MR) is 121 cm³/mol. The minimum atomic E-state index is -1.09. The lowest BCUT2D eigenvalue weighted by atomic mass is 9.98. The summed E-state index contributed by atoms with van der Waals surface area (Å²) < 4.78 is 5.56. The second kappa shape index (κ2) is 10.6. The molecule has 0 spiro atoms. The molecule has 0 aliphatic heterocycles. The molecule has 1 atom stereocenters. The van der Waals surface area contributed by atoms with Crippen LogP contribution in [-0.2, 0) is 22.4 Å². The van der Waals surface area contributed by atoms with Gasteiger partial charge >= 0.3 is 5.97 Å². The molecule has 0 saturated carbocycles. The van der Waals surface area contributed by atoms with Gasteiger partial charge < -0.3 is 20.6 Å². The van der Waals surface area contributed by atoms with Crippen LogP contribution >= 0.6 is 11.8 Å². The second-order valence-electron chi connectivity index (χ2n) is 6.94. The van der Waals surface area contributed by atoms with Crippen molar-refractivity contribution in [2.75, 3.05) is 5.75 Å². The fraction of sp³-hybridized carbons (Fsp3) is 0.227. The molecule has 32 heavy (non-hydrogen) atoms. The quantitative estimate of drug-likeness (QED) is 0.207. The molecular formula is C22H23N5O4S. The first-order chi connectivity index (χ1) is 15.4. The van der Waals surface area contributed by atoms with Gasteiger partial charge in [-0.1, -0.05) is 55.1 Å². The van der Waals surface area contributed by atoms with Gasteiger partial charge in [0.1, 0.15) is 11.9 Å². The summed E-state index contributed by atoms with van der Waals surface area (Å²) in [6.45, 7) is 2.00. The number of carbonyl (C=O) groups is 2. The Bertz CT molecular complexity index is 1110. The molecule has 1 unspecified atom stereocenters. The van der Waals surface area contributed by atoms with Gasteiger partial charge in [-0.2, -0.15) is 0 Å². The van der Waals surface area contributed by atoms with E-state index in [1.165, 1.54) is 0 Å². The number of aryl methyl sites for hydroxylation is 1. The average molecular weight is 454 g/mol. The average Bonchev–Trinajstić information content (AvgIpc) is 3.26. The van der Waals surface area contributed by atoms with E-state index < -0.39 is 17.9 Å². The second-order valence-corrected chi connectivity index (χ2v) is 7.86. The number of hydrogen-bond acceptors (Lipinski definition) is 7. The van der Waals surface area contributed by atoms with Gasteiger partial charge in [-0.15, -0.1) is 10.2 Å². The van der Waals surface area contributed by atoms with E-state index in [0.29, 0.717) is 11.1 Å². The molecule has 2 aromatic carbocycles. The lowest BCUT2D eigenvalue weighted by Gasteiger charge is -2.16. The molecule has 10 heteroatoms. The molecule has 0 fully saturated rings. The highest BCUT2D eigenvalue weighted by molar-refractivity contribution is 7.99. The first kappa shape index (κ1) is 23.0. The van der Waals surface area contributed by atoms with Crippen LogP contribution in [0.4, 0.5) is 0 Å². The molecule has 1 aromatic heterocycles. The molecule has 0 saturated heterocycles. The third-order valence-corrected chi connectivity index (χ3v) is 5.55. The summed E-state index contributed by atoms with van der Waals surface area (Å²) in [5.74, 6) is -1.38. The molecule has 9 nitrogen and oxygen atoms in total. The highest BCUT2D eigenvalue weighted by Gasteiger charge is 2.22. The summed E-state index contributed by atoms with van der Waals surface area (Å²) in [5.41, 5.74) is 8.62. The number of carbonyl (C=O) groups excluding carboxylic acids is 1. The summed E-state index contributed by atoms with van der Waals surface area (Å²) >= 11 is 1.02. The number of amides is 1. The minimum absolute atomic E-state index is 0.0396. The van der Waals surface area contributed by atoms with Gasteiger partial charge in [0, 0.05) is 17.5 Å². The van der Waals surface area contributed by atoms with Crippen LogP contribution in [0.25, 0.3) is 11.5 Å². The Hall–Kier alpha value is -3.66. The van der Waals surface area contributed by atoms with Gasteiger partial charge in [0.2, 0.25) is 11.8 Å². The highest BCUT2D eigenvalue weighted by atomic mass is 32.2. The Morgan fingerprint density at radius 3 is 2.47 bits per heavy atom. The van der Waals surface area contributed by atoms with Crippen LogP contribution in [0.15, 0.2) is 58.2 Å². The van der Waals surface area contributed by atoms with Gasteiger partial charge in [0.15, 0.2) is 0 Å². The molecular weight excluding hydrogens is 430 g/mol. The van der Waals surface area contributed by atoms with Gasteiger partial charge in [0.25, 0.3) is 5.22 Å². The number of nitrogens with zero attached hydrogens (tertiary/aromatic N) is 2. The van der Waals surface area contributed by atoms with Crippen molar-refractivity contribution in [3.63, 3.8) is 0 Å². The van der Waals surface area contributed by atoms with Crippen molar-refractivity contribution in [2.45, 2.75) is 31.0 Å². The molecule has 1 amide bonds. The predicted octanol–water partition coefficient (Wildman–Crippen LogP) is 2.49. The fourth-order valence-corrected chi connectivity index (χ4v) is 3.64. The molecule has 3 rings (SSSR count). The van der Waals surface area contributed by atoms with E-state index in [1.54, 1.807) is 24.3 Å². The number of aliphatic carboxylic acids is 1. The summed E-state index contributed by atoms with van der Waals surface area (Å²) in [5, 5.41) is 27.6. The van der Waals surface area contributed by atoms with Gasteiger partial charge in [-0.3, -0.25) is 10.2 Å². The molecule has 1 heterocycles. The number of nitrogens with one attached hydrogen (secondary N) is 2. The smallest absolute Gasteiger partial charge is 0.326 e. The zero-order chi connectivity index (χ0) is 23.1. The van der Waals surface area contributed by atoms with Crippen molar-refractivity contribution in [3.8, 4) is 11.5 Å². The number of aromatic nitrogens is 2. The number of benzene rings is 2. The normalized spacial score (nSPS) is 11.7. The van der Waals surface area contributed by atoms with E-state index in [0.717, 1.165) is 29.3 Å². The number of nitrogen functional groups attached to an aromatic ring is 1. The zero-order valence-electron chi connectivity index (χ0n) is 17.4. The lowest BCUT2D eigenvalue weighted by molar-refractivity contribution is -0.141. The Balaban J connectivity index is 1.57. The van der Waals surface area contributed by atoms with Crippen LogP contribution in [0, 0.1) is 5.41 Å². The van der Waals surface area contributed by atoms with Gasteiger partial charge in [-0.05, 0) is 29.7 Å². The number of amidine groups is 1. The molecule has 0 aliphatic rings. The number of rotatable bonds is 10. The van der Waals surface area contributed by atoms with E-state index in [1.807, 2.05) is 31.2 Å². The van der Waals surface area contributed by atoms with Crippen molar-refractivity contribution in [2.24, 2.45) is 5.73 Å². The maximum Gasteiger partial charge on any atom is 0.326 e. The Morgan fingerprint density at radius 2 is 1.84 bits per heavy atom. The van der Waals surface area contributed by atoms with Crippen molar-refractivity contribution < 1.29 is 19.1 Å². The van der Waals surface area contributed by atoms with E-state index in [4.69, 9.17) is 15.6 Å². The van der Waals surface area contributed by atoms with E-state index in [9.17, 15) is 14.7 Å². The summed E-state index contributed by atoms with van der Waals surface area (Å²) in [7, 11) is 0. The topological polar surface area (TPSA) is 155 Å². The van der Waals surface area contributed by atoms with Gasteiger partial charge in [0.05, 0.1) is 5.75 Å². The number of carboxylic acid groups (broad SMARTS) is 1. The fourth-order valence-electron chi connectivity index (χ4n) is 3.06. The largest absolute Gasteiger partial charge is 0.480 e. The lowest BCUT2D eigenvalue weighted by Crippen LogP contribution is -2.43. The Kier molecular flexibility index (Phi) is 7.61. The maximum absolute atomic E-state index is 12.3. The van der Waals surface area contributed by atoms with E-state index in [-0.39, 0.29) is 29.1 Å². The third-order valence-electron chi connectivity index (χ3n) is 4.73. The van der Waals surface area contributed by atoms with Crippen LogP contribution in [0.3, 0.4) is 0 Å². The first-order valence-corrected chi connectivity index (χ1v) is 10.9. The molecule has 0 radical (unpaired) electrons. The number of nitrogens with two attached hydrogens (primary N) is 1. The Morgan fingerprint density at radius 1 is 1.16 bits per heavy atom. The van der Waals surface area contributed by atoms with Crippen molar-refractivity contribution in [1.82, 2.24) is 15.5 Å². The standard InChI is InChI=1S/C22H23N5O4S/c1-2-13-5-3-4-6-16(13)11-17(21(29)30)25-18(28)12-32-22-27-26-20(31-22)15-9-7-14(8-10-15)19(23)24/h3-10,17H,2,11-12H2,1H3,(H3,23,24)(H,25,28)(H,29,30). The molecule has 3 aromatic rings. The van der Waals surface area contributed by atoms with Crippen molar-refractivity contribution in [1.29, 1.82) is 5.41 Å². The highest BCUT2D eigenvalue weighted by Crippen LogP contribution is 2.23. The van der Waals surface area contributed by atoms with Gasteiger partial charge in [-0.25, -0.2) is 4.79 Å². The number of carboxylic acids is 1. The number of thioether (sulfide) groups is 1. The van der Waals surface area contributed by atoms with Crippen LogP contribution in [0.2, 0.25) is 0 Å². The minimum Gasteiger partial charge on any atom is -0.480 e.